The van der Waals surface area contributed by atoms with Crippen molar-refractivity contribution in [2.75, 3.05) is 0 Å². The maximum atomic E-state index is 10.3. The highest BCUT2D eigenvalue weighted by atomic mass is 16.3. The van der Waals surface area contributed by atoms with Gasteiger partial charge >= 0.3 is 0 Å². The lowest BCUT2D eigenvalue weighted by Crippen LogP contribution is -2.20. The van der Waals surface area contributed by atoms with Crippen LogP contribution in [0.4, 0.5) is 0 Å². The van der Waals surface area contributed by atoms with E-state index in [1.54, 1.807) is 6.07 Å². The van der Waals surface area contributed by atoms with Crippen LogP contribution in [0.3, 0.4) is 0 Å². The summed E-state index contributed by atoms with van der Waals surface area (Å²) in [5.74, 6) is 0.449. The third kappa shape index (κ3) is 3.61. The van der Waals surface area contributed by atoms with E-state index in [0.29, 0.717) is 11.1 Å². The number of benzene rings is 1. The molecule has 2 aliphatic rings. The molecule has 0 aliphatic heterocycles. The molecule has 0 saturated carbocycles. The Hall–Kier alpha value is -1.74. The van der Waals surface area contributed by atoms with E-state index in [-0.39, 0.29) is 23.0 Å². The average Bonchev–Trinajstić information content (AvgIpc) is 2.54. The van der Waals surface area contributed by atoms with Crippen LogP contribution in [0.2, 0.25) is 0 Å². The maximum Gasteiger partial charge on any atom is 0.123 e. The van der Waals surface area contributed by atoms with Gasteiger partial charge in [0.15, 0.2) is 0 Å². The molecule has 2 aliphatic carbocycles. The second kappa shape index (κ2) is 6.40. The molecular weight excluding hydrogens is 288 g/mol. The summed E-state index contributed by atoms with van der Waals surface area (Å²) in [5, 5.41) is 30.8. The first-order valence-electron chi connectivity index (χ1n) is 8.59. The van der Waals surface area contributed by atoms with Gasteiger partial charge in [0.2, 0.25) is 0 Å². The van der Waals surface area contributed by atoms with E-state index >= 15 is 0 Å². The van der Waals surface area contributed by atoms with Crippen molar-refractivity contribution >= 4 is 5.57 Å². The molecule has 3 nitrogen and oxygen atoms in total. The molecule has 0 amide bonds. The first-order valence-corrected chi connectivity index (χ1v) is 8.59. The Kier molecular flexibility index (Phi) is 4.49. The van der Waals surface area contributed by atoms with Crippen molar-refractivity contribution in [1.82, 2.24) is 0 Å². The zero-order valence-electron chi connectivity index (χ0n) is 13.8. The molecule has 124 valence electrons. The number of phenols is 1. The Morgan fingerprint density at radius 3 is 2.78 bits per heavy atom. The molecule has 3 rings (SSSR count). The van der Waals surface area contributed by atoms with Crippen molar-refractivity contribution in [1.29, 1.82) is 0 Å². The third-order valence-corrected chi connectivity index (χ3v) is 5.18. The highest BCUT2D eigenvalue weighted by Crippen LogP contribution is 2.42. The van der Waals surface area contributed by atoms with Gasteiger partial charge in [-0.25, -0.2) is 0 Å². The fourth-order valence-corrected chi connectivity index (χ4v) is 3.62. The summed E-state index contributed by atoms with van der Waals surface area (Å²) in [4.78, 5) is 0. The summed E-state index contributed by atoms with van der Waals surface area (Å²) >= 11 is 0. The number of aliphatic hydroxyl groups excluding tert-OH is 2. The maximum absolute atomic E-state index is 10.3. The molecule has 0 heterocycles. The number of hydrogen-bond acceptors (Lipinski definition) is 3. The summed E-state index contributed by atoms with van der Waals surface area (Å²) < 4.78 is 0. The van der Waals surface area contributed by atoms with Crippen LogP contribution in [0.1, 0.15) is 56.6 Å². The minimum Gasteiger partial charge on any atom is -0.508 e. The van der Waals surface area contributed by atoms with E-state index in [0.717, 1.165) is 50.5 Å². The van der Waals surface area contributed by atoms with Crippen molar-refractivity contribution in [3.8, 4) is 5.75 Å². The molecule has 23 heavy (non-hydrogen) atoms. The minimum absolute atomic E-state index is 0.0982. The molecule has 2 unspecified atom stereocenters. The molecule has 0 fully saturated rings. The van der Waals surface area contributed by atoms with E-state index < -0.39 is 0 Å². The Balaban J connectivity index is 2.04. The van der Waals surface area contributed by atoms with Crippen LogP contribution >= 0.6 is 0 Å². The van der Waals surface area contributed by atoms with Gasteiger partial charge in [-0.1, -0.05) is 25.5 Å². The summed E-state index contributed by atoms with van der Waals surface area (Å²) in [6, 6.07) is 5.66. The zero-order valence-corrected chi connectivity index (χ0v) is 13.8. The monoisotopic (exact) mass is 314 g/mol. The molecule has 0 spiro atoms. The molecule has 1 aromatic rings. The van der Waals surface area contributed by atoms with Gasteiger partial charge in [0.1, 0.15) is 11.5 Å². The SMILES string of the molecule is CC12C=C(C(O)=CC1)c1cc(ccc1O)CCCCC(O)CC2. The van der Waals surface area contributed by atoms with Gasteiger partial charge in [0.25, 0.3) is 0 Å². The highest BCUT2D eigenvalue weighted by molar-refractivity contribution is 5.81. The standard InChI is InChI=1S/C20H26O3/c1-20-10-8-15(21)5-3-2-4-14-6-7-18(22)16(12-14)17(13-20)19(23)9-11-20/h6-7,9,12-13,15,21-23H,2-5,8,10-11H2,1H3. The van der Waals surface area contributed by atoms with Crippen LogP contribution < -0.4 is 0 Å². The van der Waals surface area contributed by atoms with Crippen molar-refractivity contribution in [2.24, 2.45) is 5.41 Å². The lowest BCUT2D eigenvalue weighted by molar-refractivity contribution is 0.135. The average molecular weight is 314 g/mol. The van der Waals surface area contributed by atoms with Crippen LogP contribution in [0.25, 0.3) is 5.57 Å². The third-order valence-electron chi connectivity index (χ3n) is 5.18. The van der Waals surface area contributed by atoms with Gasteiger partial charge in [0, 0.05) is 11.1 Å². The van der Waals surface area contributed by atoms with E-state index in [2.05, 4.69) is 13.0 Å². The predicted octanol–water partition coefficient (Wildman–Crippen LogP) is 4.50. The van der Waals surface area contributed by atoms with E-state index in [4.69, 9.17) is 0 Å². The van der Waals surface area contributed by atoms with Crippen molar-refractivity contribution < 1.29 is 15.3 Å². The number of aliphatic hydroxyl groups is 2. The van der Waals surface area contributed by atoms with E-state index in [9.17, 15) is 15.3 Å². The quantitative estimate of drug-likeness (QED) is 0.661. The number of aromatic hydroxyl groups is 1. The number of fused-ring (bicyclic) bond motifs is 4. The predicted molar refractivity (Wildman–Crippen MR) is 92.3 cm³/mol. The molecule has 1 aromatic carbocycles. The van der Waals surface area contributed by atoms with Gasteiger partial charge in [-0.15, -0.1) is 0 Å². The van der Waals surface area contributed by atoms with Crippen molar-refractivity contribution in [3.05, 3.63) is 47.2 Å². The Morgan fingerprint density at radius 2 is 1.96 bits per heavy atom. The van der Waals surface area contributed by atoms with Crippen LogP contribution in [0.15, 0.2) is 36.1 Å². The molecule has 0 aromatic heterocycles. The summed E-state index contributed by atoms with van der Waals surface area (Å²) in [6.07, 6.45) is 9.89. The lowest BCUT2D eigenvalue weighted by Gasteiger charge is -2.30. The summed E-state index contributed by atoms with van der Waals surface area (Å²) in [7, 11) is 0. The second-order valence-corrected chi connectivity index (χ2v) is 7.30. The van der Waals surface area contributed by atoms with Crippen LogP contribution in [0, 0.1) is 5.41 Å². The summed E-state index contributed by atoms with van der Waals surface area (Å²) in [6.45, 7) is 2.16. The molecular formula is C20H26O3. The molecule has 3 heteroatoms. The zero-order chi connectivity index (χ0) is 16.4. The van der Waals surface area contributed by atoms with Gasteiger partial charge in [0.05, 0.1) is 6.10 Å². The van der Waals surface area contributed by atoms with Gasteiger partial charge < -0.3 is 15.3 Å². The van der Waals surface area contributed by atoms with Crippen LogP contribution in [0.5, 0.6) is 5.75 Å². The fourth-order valence-electron chi connectivity index (χ4n) is 3.62. The molecule has 0 radical (unpaired) electrons. The number of phenolic OH excluding ortho intramolecular Hbond substituents is 1. The van der Waals surface area contributed by atoms with Crippen molar-refractivity contribution in [2.45, 2.75) is 58.0 Å². The molecule has 4 bridgehead atoms. The number of rotatable bonds is 0. The van der Waals surface area contributed by atoms with Gasteiger partial charge in [-0.2, -0.15) is 0 Å². The number of allylic oxidation sites excluding steroid dienone is 3. The molecule has 2 atom stereocenters. The highest BCUT2D eigenvalue weighted by Gasteiger charge is 2.28. The normalized spacial score (nSPS) is 28.7. The Morgan fingerprint density at radius 1 is 1.13 bits per heavy atom. The van der Waals surface area contributed by atoms with Crippen LogP contribution in [-0.4, -0.2) is 21.4 Å². The first-order chi connectivity index (χ1) is 11.0. The van der Waals surface area contributed by atoms with E-state index in [1.807, 2.05) is 18.2 Å². The Labute approximate surface area is 138 Å². The van der Waals surface area contributed by atoms with E-state index in [1.165, 1.54) is 0 Å². The smallest absolute Gasteiger partial charge is 0.123 e. The molecule has 3 N–H and O–H groups in total. The molecule has 0 saturated heterocycles. The minimum atomic E-state index is -0.250. The van der Waals surface area contributed by atoms with Crippen LogP contribution in [-0.2, 0) is 6.42 Å². The number of aryl methyl sites for hydroxylation is 1. The lowest BCUT2D eigenvalue weighted by atomic mass is 9.75. The fraction of sp³-hybridized carbons (Fsp3) is 0.500. The van der Waals surface area contributed by atoms with Crippen molar-refractivity contribution in [3.63, 3.8) is 0 Å². The first kappa shape index (κ1) is 16.1. The topological polar surface area (TPSA) is 60.7 Å². The summed E-state index contributed by atoms with van der Waals surface area (Å²) in [5.41, 5.74) is 2.49. The number of hydrogen-bond donors (Lipinski definition) is 3. The largest absolute Gasteiger partial charge is 0.508 e. The van der Waals surface area contributed by atoms with Gasteiger partial charge in [-0.3, -0.25) is 0 Å². The second-order valence-electron chi connectivity index (χ2n) is 7.30. The Bertz CT molecular complexity index is 644. The van der Waals surface area contributed by atoms with Gasteiger partial charge in [-0.05, 0) is 67.7 Å².